The summed E-state index contributed by atoms with van der Waals surface area (Å²) in [5.74, 6) is 0. The van der Waals surface area contributed by atoms with Gasteiger partial charge in [0, 0.05) is 11.8 Å². The highest BCUT2D eigenvalue weighted by Gasteiger charge is 1.93. The second kappa shape index (κ2) is 3.59. The van der Waals surface area contributed by atoms with E-state index in [9.17, 15) is 0 Å². The van der Waals surface area contributed by atoms with Crippen molar-refractivity contribution in [2.24, 2.45) is 0 Å². The summed E-state index contributed by atoms with van der Waals surface area (Å²) < 4.78 is 0. The normalized spacial score (nSPS) is 10.0. The molecule has 2 heteroatoms. The molecule has 12 heavy (non-hydrogen) atoms. The van der Waals surface area contributed by atoms with E-state index in [1.165, 1.54) is 6.08 Å². The topological polar surface area (TPSA) is 49.8 Å². The Morgan fingerprint density at radius 1 is 1.50 bits per heavy atom. The summed E-state index contributed by atoms with van der Waals surface area (Å²) in [5, 5.41) is 8.32. The second-order valence-electron chi connectivity index (χ2n) is 2.58. The highest BCUT2D eigenvalue weighted by Crippen LogP contribution is 2.13. The first-order valence-electron chi connectivity index (χ1n) is 3.66. The number of rotatable bonds is 1. The lowest BCUT2D eigenvalue weighted by Gasteiger charge is -2.00. The third kappa shape index (κ3) is 1.86. The molecule has 0 atom stereocenters. The smallest absolute Gasteiger partial charge is 0.0912 e. The van der Waals surface area contributed by atoms with Gasteiger partial charge in [-0.25, -0.2) is 0 Å². The molecule has 0 fully saturated rings. The summed E-state index contributed by atoms with van der Waals surface area (Å²) in [4.78, 5) is 0. The highest BCUT2D eigenvalue weighted by atomic mass is 14.5. The molecule has 0 unspecified atom stereocenters. The zero-order valence-electron chi connectivity index (χ0n) is 6.91. The molecule has 0 saturated heterocycles. The Kier molecular flexibility index (Phi) is 2.49. The Labute approximate surface area is 71.9 Å². The van der Waals surface area contributed by atoms with Crippen LogP contribution in [0.25, 0.3) is 6.08 Å². The first-order chi connectivity index (χ1) is 5.74. The molecule has 0 bridgehead atoms. The van der Waals surface area contributed by atoms with Gasteiger partial charge in [0.25, 0.3) is 0 Å². The number of benzene rings is 1. The molecular formula is C10H10N2. The molecule has 0 amide bonds. The van der Waals surface area contributed by atoms with Gasteiger partial charge in [0.15, 0.2) is 0 Å². The van der Waals surface area contributed by atoms with E-state index < -0.39 is 0 Å². The molecule has 1 rings (SSSR count). The van der Waals surface area contributed by atoms with Gasteiger partial charge in [-0.15, -0.1) is 0 Å². The van der Waals surface area contributed by atoms with Crippen molar-refractivity contribution in [2.75, 3.05) is 5.73 Å². The Morgan fingerprint density at radius 3 is 2.92 bits per heavy atom. The zero-order valence-corrected chi connectivity index (χ0v) is 6.91. The van der Waals surface area contributed by atoms with Crippen LogP contribution in [0.5, 0.6) is 0 Å². The van der Waals surface area contributed by atoms with E-state index in [0.717, 1.165) is 16.8 Å². The second-order valence-corrected chi connectivity index (χ2v) is 2.58. The summed E-state index contributed by atoms with van der Waals surface area (Å²) in [6.07, 6.45) is 3.20. The fourth-order valence-corrected chi connectivity index (χ4v) is 0.966. The number of nitrogens with two attached hydrogens (primary N) is 1. The van der Waals surface area contributed by atoms with Crippen molar-refractivity contribution in [2.45, 2.75) is 6.92 Å². The lowest BCUT2D eigenvalue weighted by Crippen LogP contribution is -1.87. The molecular weight excluding hydrogens is 148 g/mol. The van der Waals surface area contributed by atoms with E-state index in [1.54, 1.807) is 6.08 Å². The van der Waals surface area contributed by atoms with Crippen LogP contribution in [-0.4, -0.2) is 0 Å². The molecule has 0 radical (unpaired) electrons. The maximum atomic E-state index is 8.32. The van der Waals surface area contributed by atoms with Gasteiger partial charge in [-0.2, -0.15) is 5.26 Å². The number of allylic oxidation sites excluding steroid dienone is 1. The van der Waals surface area contributed by atoms with Crippen molar-refractivity contribution >= 4 is 11.8 Å². The van der Waals surface area contributed by atoms with Crippen LogP contribution >= 0.6 is 0 Å². The average molecular weight is 158 g/mol. The predicted octanol–water partition coefficient (Wildman–Crippen LogP) is 2.11. The first-order valence-corrected chi connectivity index (χ1v) is 3.66. The molecule has 0 aliphatic carbocycles. The van der Waals surface area contributed by atoms with Crippen molar-refractivity contribution in [3.8, 4) is 6.07 Å². The van der Waals surface area contributed by atoms with Crippen LogP contribution < -0.4 is 5.73 Å². The van der Waals surface area contributed by atoms with E-state index in [0.29, 0.717) is 0 Å². The summed E-state index contributed by atoms with van der Waals surface area (Å²) in [6, 6.07) is 7.58. The minimum absolute atomic E-state index is 0.721. The summed E-state index contributed by atoms with van der Waals surface area (Å²) in [6.45, 7) is 1.98. The zero-order chi connectivity index (χ0) is 8.97. The van der Waals surface area contributed by atoms with Crippen LogP contribution in [0.15, 0.2) is 24.3 Å². The van der Waals surface area contributed by atoms with E-state index >= 15 is 0 Å². The van der Waals surface area contributed by atoms with E-state index in [4.69, 9.17) is 11.0 Å². The van der Waals surface area contributed by atoms with Crippen molar-refractivity contribution in [1.29, 1.82) is 5.26 Å². The van der Waals surface area contributed by atoms with Gasteiger partial charge in [-0.3, -0.25) is 0 Å². The number of nitriles is 1. The molecule has 60 valence electrons. The quantitative estimate of drug-likeness (QED) is 0.502. The van der Waals surface area contributed by atoms with Gasteiger partial charge in [-0.05, 0) is 36.3 Å². The Bertz CT molecular complexity index is 345. The minimum Gasteiger partial charge on any atom is -0.399 e. The Morgan fingerprint density at radius 2 is 2.25 bits per heavy atom. The van der Waals surface area contributed by atoms with Crippen LogP contribution in [0.4, 0.5) is 5.69 Å². The third-order valence-corrected chi connectivity index (χ3v) is 1.64. The lowest BCUT2D eigenvalue weighted by molar-refractivity contribution is 1.44. The number of nitrogens with zero attached hydrogens (tertiary/aromatic N) is 1. The van der Waals surface area contributed by atoms with Gasteiger partial charge in [-0.1, -0.05) is 6.07 Å². The third-order valence-electron chi connectivity index (χ3n) is 1.64. The van der Waals surface area contributed by atoms with Gasteiger partial charge >= 0.3 is 0 Å². The van der Waals surface area contributed by atoms with Crippen LogP contribution in [-0.2, 0) is 0 Å². The number of nitrogen functional groups attached to an aromatic ring is 1. The van der Waals surface area contributed by atoms with E-state index in [2.05, 4.69) is 0 Å². The lowest BCUT2D eigenvalue weighted by atomic mass is 10.1. The molecule has 0 aliphatic heterocycles. The molecule has 0 aromatic heterocycles. The number of hydrogen-bond donors (Lipinski definition) is 1. The van der Waals surface area contributed by atoms with Crippen molar-refractivity contribution in [3.63, 3.8) is 0 Å². The predicted molar refractivity (Wildman–Crippen MR) is 50.2 cm³/mol. The monoisotopic (exact) mass is 158 g/mol. The van der Waals surface area contributed by atoms with Crippen LogP contribution in [0.3, 0.4) is 0 Å². The average Bonchev–Trinajstić information content (AvgIpc) is 2.07. The van der Waals surface area contributed by atoms with E-state index in [-0.39, 0.29) is 0 Å². The summed E-state index contributed by atoms with van der Waals surface area (Å²) in [5.41, 5.74) is 8.42. The highest BCUT2D eigenvalue weighted by molar-refractivity contribution is 5.60. The molecule has 1 aromatic carbocycles. The van der Waals surface area contributed by atoms with Crippen molar-refractivity contribution in [3.05, 3.63) is 35.4 Å². The fourth-order valence-electron chi connectivity index (χ4n) is 0.966. The Balaban J connectivity index is 3.07. The molecule has 0 spiro atoms. The molecule has 0 heterocycles. The maximum Gasteiger partial charge on any atom is 0.0912 e. The molecule has 2 N–H and O–H groups in total. The first kappa shape index (κ1) is 8.35. The van der Waals surface area contributed by atoms with Gasteiger partial charge < -0.3 is 5.73 Å². The van der Waals surface area contributed by atoms with Gasteiger partial charge in [0.05, 0.1) is 6.07 Å². The van der Waals surface area contributed by atoms with Crippen LogP contribution in [0, 0.1) is 18.3 Å². The molecule has 1 aromatic rings. The maximum absolute atomic E-state index is 8.32. The van der Waals surface area contributed by atoms with Crippen LogP contribution in [0.2, 0.25) is 0 Å². The largest absolute Gasteiger partial charge is 0.399 e. The molecule has 0 aliphatic rings. The number of hydrogen-bond acceptors (Lipinski definition) is 2. The van der Waals surface area contributed by atoms with Crippen LogP contribution in [0.1, 0.15) is 11.1 Å². The molecule has 2 nitrogen and oxygen atoms in total. The van der Waals surface area contributed by atoms with Gasteiger partial charge in [0.1, 0.15) is 0 Å². The van der Waals surface area contributed by atoms with Gasteiger partial charge in [0.2, 0.25) is 0 Å². The standard InChI is InChI=1S/C10H10N2/c1-8-4-5-10(12)7-9(8)3-2-6-11/h2-5,7H,12H2,1H3/b3-2+. The number of anilines is 1. The number of aryl methyl sites for hydroxylation is 1. The summed E-state index contributed by atoms with van der Waals surface area (Å²) >= 11 is 0. The van der Waals surface area contributed by atoms with Crippen molar-refractivity contribution < 1.29 is 0 Å². The van der Waals surface area contributed by atoms with E-state index in [1.807, 2.05) is 31.2 Å². The molecule has 0 saturated carbocycles. The SMILES string of the molecule is Cc1ccc(N)cc1/C=C/C#N. The minimum atomic E-state index is 0.721. The fraction of sp³-hybridized carbons (Fsp3) is 0.100. The summed E-state index contributed by atoms with van der Waals surface area (Å²) in [7, 11) is 0. The van der Waals surface area contributed by atoms with Crippen molar-refractivity contribution in [1.82, 2.24) is 0 Å². The Hall–Kier alpha value is -1.75.